The molecule has 2 amide bonds. The highest BCUT2D eigenvalue weighted by atomic mass is 79.9. The van der Waals surface area contributed by atoms with E-state index in [9.17, 15) is 9.59 Å². The van der Waals surface area contributed by atoms with Gasteiger partial charge in [0.05, 0.1) is 8.66 Å². The van der Waals surface area contributed by atoms with Gasteiger partial charge in [0, 0.05) is 25.2 Å². The molecule has 8 heteroatoms. The molecule has 1 fully saturated rings. The Morgan fingerprint density at radius 2 is 2.14 bits per heavy atom. The maximum Gasteiger partial charge on any atom is 0.262 e. The van der Waals surface area contributed by atoms with Crippen molar-refractivity contribution in [2.45, 2.75) is 38.9 Å². The second kappa shape index (κ2) is 8.29. The average Bonchev–Trinajstić information content (AvgIpc) is 2.88. The molecule has 2 rings (SSSR count). The molecule has 124 valence electrons. The minimum absolute atomic E-state index is 0. The summed E-state index contributed by atoms with van der Waals surface area (Å²) in [6.45, 7) is 7.30. The van der Waals surface area contributed by atoms with Crippen LogP contribution < -0.4 is 10.6 Å². The Kier molecular flexibility index (Phi) is 7.31. The Labute approximate surface area is 149 Å². The van der Waals surface area contributed by atoms with Crippen LogP contribution in [0.15, 0.2) is 15.9 Å². The third-order valence-corrected chi connectivity index (χ3v) is 5.45. The van der Waals surface area contributed by atoms with Gasteiger partial charge in [-0.1, -0.05) is 0 Å². The summed E-state index contributed by atoms with van der Waals surface area (Å²) in [4.78, 5) is 27.0. The van der Waals surface area contributed by atoms with Crippen LogP contribution in [0.5, 0.6) is 0 Å². The van der Waals surface area contributed by atoms with Crippen LogP contribution in [0.25, 0.3) is 0 Å². The maximum absolute atomic E-state index is 12.5. The van der Waals surface area contributed by atoms with E-state index in [1.165, 1.54) is 11.3 Å². The van der Waals surface area contributed by atoms with Crippen molar-refractivity contribution in [3.8, 4) is 0 Å². The molecule has 0 aromatic carbocycles. The molecular formula is C14H21BrClN3O2S. The van der Waals surface area contributed by atoms with E-state index in [1.54, 1.807) is 13.0 Å². The van der Waals surface area contributed by atoms with Crippen molar-refractivity contribution in [2.24, 2.45) is 0 Å². The van der Waals surface area contributed by atoms with Crippen molar-refractivity contribution in [1.29, 1.82) is 0 Å². The number of piperazine rings is 1. The molecule has 0 radical (unpaired) electrons. The van der Waals surface area contributed by atoms with Gasteiger partial charge in [-0.2, -0.15) is 0 Å². The first-order chi connectivity index (χ1) is 9.90. The maximum atomic E-state index is 12.5. The lowest BCUT2D eigenvalue weighted by molar-refractivity contribution is -0.136. The van der Waals surface area contributed by atoms with Crippen LogP contribution in [-0.2, 0) is 4.79 Å². The molecule has 3 atom stereocenters. The topological polar surface area (TPSA) is 61.4 Å². The molecule has 2 heterocycles. The number of hydrogen-bond acceptors (Lipinski definition) is 4. The predicted octanol–water partition coefficient (Wildman–Crippen LogP) is 2.26. The lowest BCUT2D eigenvalue weighted by Gasteiger charge is -2.39. The molecule has 0 spiro atoms. The summed E-state index contributed by atoms with van der Waals surface area (Å²) in [5.41, 5.74) is 0. The van der Waals surface area contributed by atoms with Crippen LogP contribution >= 0.6 is 39.7 Å². The predicted molar refractivity (Wildman–Crippen MR) is 94.8 cm³/mol. The monoisotopic (exact) mass is 409 g/mol. The summed E-state index contributed by atoms with van der Waals surface area (Å²) in [5, 5.41) is 6.12. The van der Waals surface area contributed by atoms with Gasteiger partial charge in [0.15, 0.2) is 0 Å². The van der Waals surface area contributed by atoms with Crippen LogP contribution in [0.1, 0.15) is 30.4 Å². The first-order valence-electron chi connectivity index (χ1n) is 7.00. The number of rotatable bonds is 3. The number of amides is 2. The number of carbonyl (C=O) groups is 2. The van der Waals surface area contributed by atoms with E-state index in [-0.39, 0.29) is 36.3 Å². The van der Waals surface area contributed by atoms with E-state index < -0.39 is 6.04 Å². The number of thiophene rings is 1. The van der Waals surface area contributed by atoms with Crippen molar-refractivity contribution < 1.29 is 9.59 Å². The van der Waals surface area contributed by atoms with E-state index in [1.807, 2.05) is 17.9 Å². The van der Waals surface area contributed by atoms with Crippen molar-refractivity contribution >= 4 is 51.5 Å². The molecule has 1 aliphatic heterocycles. The second-order valence-electron chi connectivity index (χ2n) is 5.31. The summed E-state index contributed by atoms with van der Waals surface area (Å²) < 4.78 is 0.899. The van der Waals surface area contributed by atoms with Gasteiger partial charge in [0.25, 0.3) is 5.91 Å². The Hall–Kier alpha value is -0.630. The summed E-state index contributed by atoms with van der Waals surface area (Å²) in [6, 6.07) is 3.44. The number of hydrogen-bond donors (Lipinski definition) is 2. The molecule has 0 bridgehead atoms. The van der Waals surface area contributed by atoms with Crippen molar-refractivity contribution in [3.05, 3.63) is 20.8 Å². The smallest absolute Gasteiger partial charge is 0.262 e. The largest absolute Gasteiger partial charge is 0.340 e. The Morgan fingerprint density at radius 3 is 2.73 bits per heavy atom. The number of carbonyl (C=O) groups excluding carboxylic acids is 2. The minimum atomic E-state index is -0.522. The third-order valence-electron chi connectivity index (χ3n) is 3.83. The lowest BCUT2D eigenvalue weighted by Crippen LogP contribution is -2.60. The molecule has 5 nitrogen and oxygen atoms in total. The highest BCUT2D eigenvalue weighted by Gasteiger charge is 2.31. The average molecular weight is 411 g/mol. The van der Waals surface area contributed by atoms with Gasteiger partial charge in [-0.3, -0.25) is 9.59 Å². The molecule has 22 heavy (non-hydrogen) atoms. The molecule has 3 unspecified atom stereocenters. The molecule has 0 saturated carbocycles. The van der Waals surface area contributed by atoms with Gasteiger partial charge in [-0.05, 0) is 48.8 Å². The van der Waals surface area contributed by atoms with Crippen LogP contribution in [0.4, 0.5) is 0 Å². The third kappa shape index (κ3) is 4.44. The van der Waals surface area contributed by atoms with E-state index in [4.69, 9.17) is 0 Å². The molecule has 1 aliphatic rings. The SMILES string of the molecule is CC(NC(=O)c1ccc(Br)s1)C(=O)N1CCNC(C)C1C.Cl. The van der Waals surface area contributed by atoms with Gasteiger partial charge < -0.3 is 15.5 Å². The van der Waals surface area contributed by atoms with Gasteiger partial charge in [-0.15, -0.1) is 23.7 Å². The first kappa shape index (κ1) is 19.4. The highest BCUT2D eigenvalue weighted by Crippen LogP contribution is 2.22. The Morgan fingerprint density at radius 1 is 1.45 bits per heavy atom. The number of nitrogens with zero attached hydrogens (tertiary/aromatic N) is 1. The summed E-state index contributed by atoms with van der Waals surface area (Å²) in [6.07, 6.45) is 0. The van der Waals surface area contributed by atoms with Crippen LogP contribution in [0, 0.1) is 0 Å². The summed E-state index contributed by atoms with van der Waals surface area (Å²) >= 11 is 4.68. The van der Waals surface area contributed by atoms with Crippen molar-refractivity contribution in [3.63, 3.8) is 0 Å². The molecule has 1 aromatic rings. The number of halogens is 2. The van der Waals surface area contributed by atoms with E-state index in [0.717, 1.165) is 10.3 Å². The Bertz CT molecular complexity index is 540. The zero-order valence-electron chi connectivity index (χ0n) is 12.8. The van der Waals surface area contributed by atoms with Crippen LogP contribution in [-0.4, -0.2) is 47.9 Å². The fraction of sp³-hybridized carbons (Fsp3) is 0.571. The fourth-order valence-electron chi connectivity index (χ4n) is 2.38. The quantitative estimate of drug-likeness (QED) is 0.803. The standard InChI is InChI=1S/C14H20BrN3O2S.ClH/c1-8-10(3)18(7-6-16-8)14(20)9(2)17-13(19)11-4-5-12(15)21-11;/h4-5,8-10,16H,6-7H2,1-3H3,(H,17,19);1H. The fourth-order valence-corrected chi connectivity index (χ4v) is 3.67. The summed E-state index contributed by atoms with van der Waals surface area (Å²) in [5.74, 6) is -0.234. The first-order valence-corrected chi connectivity index (χ1v) is 8.61. The van der Waals surface area contributed by atoms with Gasteiger partial charge in [-0.25, -0.2) is 0 Å². The molecular weight excluding hydrogens is 390 g/mol. The normalized spacial score (nSPS) is 22.6. The molecule has 0 aliphatic carbocycles. The minimum Gasteiger partial charge on any atom is -0.340 e. The van der Waals surface area contributed by atoms with E-state index in [2.05, 4.69) is 33.5 Å². The second-order valence-corrected chi connectivity index (χ2v) is 7.78. The van der Waals surface area contributed by atoms with Crippen molar-refractivity contribution in [2.75, 3.05) is 13.1 Å². The molecule has 1 aromatic heterocycles. The van der Waals surface area contributed by atoms with E-state index >= 15 is 0 Å². The Balaban J connectivity index is 0.00000242. The van der Waals surface area contributed by atoms with Gasteiger partial charge in [0.2, 0.25) is 5.91 Å². The number of nitrogens with one attached hydrogen (secondary N) is 2. The lowest BCUT2D eigenvalue weighted by atomic mass is 10.1. The van der Waals surface area contributed by atoms with Crippen LogP contribution in [0.3, 0.4) is 0 Å². The van der Waals surface area contributed by atoms with Crippen molar-refractivity contribution in [1.82, 2.24) is 15.5 Å². The zero-order chi connectivity index (χ0) is 15.6. The highest BCUT2D eigenvalue weighted by molar-refractivity contribution is 9.11. The zero-order valence-corrected chi connectivity index (χ0v) is 16.0. The van der Waals surface area contributed by atoms with Gasteiger partial charge >= 0.3 is 0 Å². The molecule has 1 saturated heterocycles. The summed E-state index contributed by atoms with van der Waals surface area (Å²) in [7, 11) is 0. The van der Waals surface area contributed by atoms with Crippen LogP contribution in [0.2, 0.25) is 0 Å². The van der Waals surface area contributed by atoms with E-state index in [0.29, 0.717) is 11.4 Å². The van der Waals surface area contributed by atoms with Gasteiger partial charge in [0.1, 0.15) is 6.04 Å². The molecule has 2 N–H and O–H groups in total.